The predicted molar refractivity (Wildman–Crippen MR) is 169 cm³/mol. The maximum atomic E-state index is 11.4. The molecule has 1 heterocycles. The Hall–Kier alpha value is -2.52. The number of rotatable bonds is 12. The molecule has 0 unspecified atom stereocenters. The summed E-state index contributed by atoms with van der Waals surface area (Å²) in [5.41, 5.74) is 5.03. The van der Waals surface area contributed by atoms with E-state index in [4.69, 9.17) is 16.6 Å². The van der Waals surface area contributed by atoms with E-state index in [1.165, 1.54) is 5.56 Å². The zero-order valence-corrected chi connectivity index (χ0v) is 26.0. The standard InChI is InChI=1S/C35H36ClNO3S.Li/c1-34(2,40)30-9-4-3-7-25(30)13-17-32(41-23-35(18-19-35)22-33(38)39)27-8-5-6-24(20-27)10-15-29-16-12-26-11-14-28(36)21-31(26)37-29;/h3-12,14-16,20-21,32,40H,13,17-19,22-23H2,1-2H3,(H,38,39);/q;+1/p-1/b15-10+;/t32-;/m1./s1. The van der Waals surface area contributed by atoms with E-state index in [-0.39, 0.29) is 35.9 Å². The van der Waals surface area contributed by atoms with Crippen LogP contribution in [0.2, 0.25) is 5.02 Å². The van der Waals surface area contributed by atoms with Crippen LogP contribution in [0.3, 0.4) is 0 Å². The molecule has 212 valence electrons. The number of carboxylic acid groups (broad SMARTS) is 1. The summed E-state index contributed by atoms with van der Waals surface area (Å²) < 4.78 is 0. The second-order valence-electron chi connectivity index (χ2n) is 11.7. The van der Waals surface area contributed by atoms with Crippen molar-refractivity contribution in [2.24, 2.45) is 5.41 Å². The topological polar surface area (TPSA) is 73.2 Å². The first kappa shape index (κ1) is 32.4. The van der Waals surface area contributed by atoms with Crippen LogP contribution in [0.4, 0.5) is 0 Å². The SMILES string of the molecule is CC(C)(O)c1ccccc1CC[C@@H](SCC1(CC(=O)[O-])CC1)c1cccc(/C=C/c2ccc3ccc(Cl)cc3n2)c1.[Li+]. The van der Waals surface area contributed by atoms with E-state index >= 15 is 0 Å². The van der Waals surface area contributed by atoms with Crippen molar-refractivity contribution in [3.8, 4) is 0 Å². The average molecular weight is 592 g/mol. The van der Waals surface area contributed by atoms with Gasteiger partial charge in [-0.1, -0.05) is 78.3 Å². The van der Waals surface area contributed by atoms with Crippen LogP contribution in [-0.4, -0.2) is 21.8 Å². The second kappa shape index (κ2) is 13.8. The van der Waals surface area contributed by atoms with Gasteiger partial charge < -0.3 is 15.0 Å². The summed E-state index contributed by atoms with van der Waals surface area (Å²) in [5.74, 6) is -0.168. The van der Waals surface area contributed by atoms with Crippen LogP contribution in [0.5, 0.6) is 0 Å². The number of thioether (sulfide) groups is 1. The van der Waals surface area contributed by atoms with Crippen LogP contribution >= 0.6 is 23.4 Å². The van der Waals surface area contributed by atoms with Crippen molar-refractivity contribution in [3.05, 3.63) is 112 Å². The van der Waals surface area contributed by atoms with E-state index < -0.39 is 11.6 Å². The minimum Gasteiger partial charge on any atom is -0.550 e. The van der Waals surface area contributed by atoms with Crippen LogP contribution in [0.25, 0.3) is 23.1 Å². The van der Waals surface area contributed by atoms with Crippen molar-refractivity contribution in [3.63, 3.8) is 0 Å². The monoisotopic (exact) mass is 591 g/mol. The van der Waals surface area contributed by atoms with Gasteiger partial charge in [-0.25, -0.2) is 4.98 Å². The molecule has 42 heavy (non-hydrogen) atoms. The third kappa shape index (κ3) is 8.53. The summed E-state index contributed by atoms with van der Waals surface area (Å²) in [6, 6.07) is 26.4. The number of aryl methyl sites for hydroxylation is 1. The maximum Gasteiger partial charge on any atom is 1.00 e. The number of pyridine rings is 1. The summed E-state index contributed by atoms with van der Waals surface area (Å²) in [5, 5.41) is 24.0. The number of hydrogen-bond donors (Lipinski definition) is 1. The number of aliphatic carboxylic acids is 1. The molecular formula is C35H35ClLiNO3S. The fraction of sp³-hybridized carbons (Fsp3) is 0.314. The number of fused-ring (bicyclic) bond motifs is 1. The quantitative estimate of drug-likeness (QED) is 0.244. The number of halogens is 1. The zero-order chi connectivity index (χ0) is 29.0. The van der Waals surface area contributed by atoms with Crippen molar-refractivity contribution >= 4 is 52.4 Å². The molecule has 0 spiro atoms. The van der Waals surface area contributed by atoms with Crippen LogP contribution in [0.15, 0.2) is 78.9 Å². The Kier molecular flexibility index (Phi) is 10.7. The Balaban J connectivity index is 0.00000405. The van der Waals surface area contributed by atoms with Crippen molar-refractivity contribution in [1.82, 2.24) is 4.98 Å². The maximum absolute atomic E-state index is 11.4. The predicted octanol–water partition coefficient (Wildman–Crippen LogP) is 4.62. The molecule has 0 radical (unpaired) electrons. The van der Waals surface area contributed by atoms with E-state index in [2.05, 4.69) is 36.4 Å². The molecule has 1 fully saturated rings. The van der Waals surface area contributed by atoms with Crippen LogP contribution in [0, 0.1) is 5.41 Å². The number of nitrogens with zero attached hydrogens (tertiary/aromatic N) is 1. The first-order valence-corrected chi connectivity index (χ1v) is 15.5. The Labute approximate surface area is 269 Å². The van der Waals surface area contributed by atoms with Crippen LogP contribution < -0.4 is 24.0 Å². The number of carbonyl (C=O) groups excluding carboxylic acids is 1. The van der Waals surface area contributed by atoms with Crippen molar-refractivity contribution in [1.29, 1.82) is 0 Å². The Morgan fingerprint density at radius 3 is 2.57 bits per heavy atom. The van der Waals surface area contributed by atoms with E-state index in [9.17, 15) is 15.0 Å². The minimum absolute atomic E-state index is 0. The van der Waals surface area contributed by atoms with Gasteiger partial charge in [-0.2, -0.15) is 11.8 Å². The normalized spacial score (nSPS) is 15.0. The number of hydrogen-bond acceptors (Lipinski definition) is 5. The van der Waals surface area contributed by atoms with Crippen LogP contribution in [-0.2, 0) is 16.8 Å². The molecule has 0 saturated heterocycles. The molecule has 4 aromatic rings. The van der Waals surface area contributed by atoms with Crippen molar-refractivity contribution in [2.75, 3.05) is 5.75 Å². The van der Waals surface area contributed by atoms with E-state index in [0.29, 0.717) is 5.02 Å². The number of aliphatic hydroxyl groups is 1. The van der Waals surface area contributed by atoms with Gasteiger partial charge in [-0.3, -0.25) is 0 Å². The molecule has 3 aromatic carbocycles. The largest absolute Gasteiger partial charge is 1.00 e. The third-order valence-electron chi connectivity index (χ3n) is 7.82. The van der Waals surface area contributed by atoms with E-state index in [0.717, 1.165) is 64.7 Å². The van der Waals surface area contributed by atoms with Gasteiger partial charge in [0.25, 0.3) is 0 Å². The van der Waals surface area contributed by atoms with Gasteiger partial charge in [0.05, 0.1) is 16.8 Å². The minimum atomic E-state index is -0.963. The van der Waals surface area contributed by atoms with Gasteiger partial charge in [0.1, 0.15) is 0 Å². The summed E-state index contributed by atoms with van der Waals surface area (Å²) in [6.07, 6.45) is 7.78. The van der Waals surface area contributed by atoms with E-state index in [1.54, 1.807) is 0 Å². The molecule has 5 rings (SSSR count). The summed E-state index contributed by atoms with van der Waals surface area (Å²) in [6.45, 7) is 3.65. The molecule has 0 aliphatic heterocycles. The molecule has 1 N–H and O–H groups in total. The molecule has 1 atom stereocenters. The number of aromatic nitrogens is 1. The first-order valence-electron chi connectivity index (χ1n) is 14.1. The van der Waals surface area contributed by atoms with Crippen molar-refractivity contribution in [2.45, 2.75) is 56.8 Å². The first-order chi connectivity index (χ1) is 19.6. The summed E-state index contributed by atoms with van der Waals surface area (Å²) in [7, 11) is 0. The molecule has 0 amide bonds. The molecule has 0 bridgehead atoms. The van der Waals surface area contributed by atoms with Crippen molar-refractivity contribution < 1.29 is 33.9 Å². The molecule has 1 aliphatic rings. The fourth-order valence-corrected chi connectivity index (χ4v) is 7.08. The molecule has 1 saturated carbocycles. The van der Waals surface area contributed by atoms with E-state index in [1.807, 2.05) is 80.2 Å². The summed E-state index contributed by atoms with van der Waals surface area (Å²) in [4.78, 5) is 16.1. The van der Waals surface area contributed by atoms with Gasteiger partial charge in [0.2, 0.25) is 0 Å². The fourth-order valence-electron chi connectivity index (χ4n) is 5.34. The molecule has 7 heteroatoms. The molecule has 1 aliphatic carbocycles. The molecule has 1 aromatic heterocycles. The Morgan fingerprint density at radius 2 is 1.83 bits per heavy atom. The Bertz CT molecular complexity index is 1580. The van der Waals surface area contributed by atoms with Gasteiger partial charge in [0, 0.05) is 21.6 Å². The smallest absolute Gasteiger partial charge is 0.550 e. The second-order valence-corrected chi connectivity index (χ2v) is 13.3. The van der Waals surface area contributed by atoms with Crippen LogP contribution in [0.1, 0.15) is 72.7 Å². The number of benzene rings is 3. The molecular weight excluding hydrogens is 557 g/mol. The molecule has 4 nitrogen and oxygen atoms in total. The number of carboxylic acids is 1. The van der Waals surface area contributed by atoms with Gasteiger partial charge in [0.15, 0.2) is 0 Å². The zero-order valence-electron chi connectivity index (χ0n) is 24.5. The van der Waals surface area contributed by atoms with Gasteiger partial charge >= 0.3 is 18.9 Å². The average Bonchev–Trinajstić information content (AvgIpc) is 3.70. The third-order valence-corrected chi connectivity index (χ3v) is 9.75. The van der Waals surface area contributed by atoms with Gasteiger partial charge in [-0.05, 0) is 104 Å². The summed E-state index contributed by atoms with van der Waals surface area (Å²) >= 11 is 8.01. The van der Waals surface area contributed by atoms with Gasteiger partial charge in [-0.15, -0.1) is 0 Å². The Morgan fingerprint density at radius 1 is 1.07 bits per heavy atom. The number of carbonyl (C=O) groups is 1.